The lowest BCUT2D eigenvalue weighted by atomic mass is 10.1. The van der Waals surface area contributed by atoms with Gasteiger partial charge in [-0.05, 0) is 47.0 Å². The molecule has 1 aliphatic heterocycles. The van der Waals surface area contributed by atoms with Crippen LogP contribution in [0.15, 0.2) is 0 Å². The highest BCUT2D eigenvalue weighted by Crippen LogP contribution is 2.11. The third kappa shape index (κ3) is 8.06. The molecule has 5 heteroatoms. The summed E-state index contributed by atoms with van der Waals surface area (Å²) in [5, 5.41) is 6.14. The van der Waals surface area contributed by atoms with Crippen LogP contribution in [0.4, 0.5) is 4.79 Å². The van der Waals surface area contributed by atoms with Crippen molar-refractivity contribution < 1.29 is 14.3 Å². The van der Waals surface area contributed by atoms with E-state index < -0.39 is 5.60 Å². The molecule has 0 saturated carbocycles. The molecule has 5 nitrogen and oxygen atoms in total. The first-order chi connectivity index (χ1) is 8.87. The first-order valence-electron chi connectivity index (χ1n) is 7.18. The topological polar surface area (TPSA) is 59.6 Å². The zero-order chi connectivity index (χ0) is 14.3. The Morgan fingerprint density at radius 3 is 2.74 bits per heavy atom. The highest BCUT2D eigenvalue weighted by molar-refractivity contribution is 5.67. The number of amides is 1. The number of hydrogen-bond acceptors (Lipinski definition) is 4. The zero-order valence-electron chi connectivity index (χ0n) is 12.6. The summed E-state index contributed by atoms with van der Waals surface area (Å²) in [6, 6.07) is 0.207. The van der Waals surface area contributed by atoms with Crippen molar-refractivity contribution in [2.24, 2.45) is 0 Å². The van der Waals surface area contributed by atoms with E-state index in [4.69, 9.17) is 9.47 Å². The van der Waals surface area contributed by atoms with E-state index in [2.05, 4.69) is 10.6 Å². The number of rotatable bonds is 5. The maximum atomic E-state index is 11.5. The van der Waals surface area contributed by atoms with Crippen LogP contribution in [0.25, 0.3) is 0 Å². The van der Waals surface area contributed by atoms with Gasteiger partial charge < -0.3 is 20.1 Å². The minimum atomic E-state index is -0.448. The average molecular weight is 272 g/mol. The number of ether oxygens (including phenoxy) is 2. The van der Waals surface area contributed by atoms with Crippen LogP contribution in [0.3, 0.4) is 0 Å². The van der Waals surface area contributed by atoms with Gasteiger partial charge in [-0.3, -0.25) is 0 Å². The van der Waals surface area contributed by atoms with Gasteiger partial charge >= 0.3 is 6.09 Å². The second-order valence-corrected chi connectivity index (χ2v) is 6.18. The summed E-state index contributed by atoms with van der Waals surface area (Å²) >= 11 is 0. The van der Waals surface area contributed by atoms with Gasteiger partial charge in [-0.15, -0.1) is 0 Å². The van der Waals surface area contributed by atoms with Gasteiger partial charge in [0.2, 0.25) is 0 Å². The van der Waals surface area contributed by atoms with Crippen LogP contribution in [-0.2, 0) is 9.47 Å². The Kier molecular flexibility index (Phi) is 6.58. The molecule has 1 amide bonds. The fourth-order valence-corrected chi connectivity index (χ4v) is 1.92. The Hall–Kier alpha value is -0.810. The van der Waals surface area contributed by atoms with Crippen molar-refractivity contribution in [1.29, 1.82) is 0 Å². The van der Waals surface area contributed by atoms with E-state index in [0.717, 1.165) is 19.6 Å². The molecule has 1 rings (SSSR count). The Morgan fingerprint density at radius 2 is 2.16 bits per heavy atom. The summed E-state index contributed by atoms with van der Waals surface area (Å²) in [5.41, 5.74) is -0.448. The lowest BCUT2D eigenvalue weighted by Crippen LogP contribution is -2.44. The van der Waals surface area contributed by atoms with E-state index in [1.165, 1.54) is 12.8 Å². The standard InChI is InChI=1S/C14H28N2O3/c1-11(9-16-13(17)19-14(2,3)4)15-10-12-7-5-6-8-18-12/h11-12,15H,5-10H2,1-4H3,(H,16,17). The Balaban J connectivity index is 2.10. The van der Waals surface area contributed by atoms with Gasteiger partial charge in [0.15, 0.2) is 0 Å². The quantitative estimate of drug-likeness (QED) is 0.804. The molecular formula is C14H28N2O3. The minimum Gasteiger partial charge on any atom is -0.444 e. The van der Waals surface area contributed by atoms with E-state index in [1.807, 2.05) is 27.7 Å². The number of alkyl carbamates (subject to hydrolysis) is 1. The predicted molar refractivity (Wildman–Crippen MR) is 75.3 cm³/mol. The van der Waals surface area contributed by atoms with E-state index in [0.29, 0.717) is 12.6 Å². The molecule has 0 radical (unpaired) electrons. The summed E-state index contributed by atoms with van der Waals surface area (Å²) in [7, 11) is 0. The first-order valence-corrected chi connectivity index (χ1v) is 7.18. The van der Waals surface area contributed by atoms with Crippen molar-refractivity contribution in [1.82, 2.24) is 10.6 Å². The molecule has 1 aliphatic rings. The molecule has 0 spiro atoms. The molecule has 1 saturated heterocycles. The smallest absolute Gasteiger partial charge is 0.407 e. The van der Waals surface area contributed by atoms with Crippen molar-refractivity contribution >= 4 is 6.09 Å². The van der Waals surface area contributed by atoms with Crippen molar-refractivity contribution in [3.63, 3.8) is 0 Å². The zero-order valence-corrected chi connectivity index (χ0v) is 12.6. The fourth-order valence-electron chi connectivity index (χ4n) is 1.92. The molecule has 1 heterocycles. The van der Waals surface area contributed by atoms with Crippen molar-refractivity contribution in [3.8, 4) is 0 Å². The number of carbonyl (C=O) groups excluding carboxylic acids is 1. The maximum Gasteiger partial charge on any atom is 0.407 e. The summed E-state index contributed by atoms with van der Waals surface area (Å²) in [6.45, 7) is 9.88. The third-order valence-electron chi connectivity index (χ3n) is 2.92. The van der Waals surface area contributed by atoms with Crippen LogP contribution in [0.1, 0.15) is 47.0 Å². The molecule has 1 fully saturated rings. The molecule has 0 aromatic heterocycles. The van der Waals surface area contributed by atoms with Gasteiger partial charge in [0.25, 0.3) is 0 Å². The molecule has 0 aliphatic carbocycles. The van der Waals surface area contributed by atoms with Gasteiger partial charge in [-0.25, -0.2) is 4.79 Å². The molecule has 0 aromatic carbocycles. The van der Waals surface area contributed by atoms with E-state index in [9.17, 15) is 4.79 Å². The predicted octanol–water partition coefficient (Wildman–Crippen LogP) is 2.06. The summed E-state index contributed by atoms with van der Waals surface area (Å²) in [4.78, 5) is 11.5. The second kappa shape index (κ2) is 7.70. The third-order valence-corrected chi connectivity index (χ3v) is 2.92. The molecule has 2 atom stereocenters. The molecule has 112 valence electrons. The monoisotopic (exact) mass is 272 g/mol. The normalized spacial score (nSPS) is 21.8. The molecule has 19 heavy (non-hydrogen) atoms. The van der Waals surface area contributed by atoms with E-state index >= 15 is 0 Å². The average Bonchev–Trinajstić information content (AvgIpc) is 2.33. The van der Waals surface area contributed by atoms with Gasteiger partial charge in [0.1, 0.15) is 5.60 Å². The number of nitrogens with one attached hydrogen (secondary N) is 2. The van der Waals surface area contributed by atoms with Gasteiger partial charge in [0.05, 0.1) is 6.10 Å². The van der Waals surface area contributed by atoms with E-state index in [1.54, 1.807) is 0 Å². The van der Waals surface area contributed by atoms with Gasteiger partial charge in [-0.1, -0.05) is 0 Å². The minimum absolute atomic E-state index is 0.207. The van der Waals surface area contributed by atoms with Crippen LogP contribution in [0.2, 0.25) is 0 Å². The lowest BCUT2D eigenvalue weighted by molar-refractivity contribution is 0.0155. The summed E-state index contributed by atoms with van der Waals surface area (Å²) in [6.07, 6.45) is 3.50. The highest BCUT2D eigenvalue weighted by atomic mass is 16.6. The summed E-state index contributed by atoms with van der Waals surface area (Å²) in [5.74, 6) is 0. The molecular weight excluding hydrogens is 244 g/mol. The SMILES string of the molecule is CC(CNC(=O)OC(C)(C)C)NCC1CCCCO1. The molecule has 0 aromatic rings. The van der Waals surface area contributed by atoms with Crippen LogP contribution >= 0.6 is 0 Å². The Labute approximate surface area is 116 Å². The summed E-state index contributed by atoms with van der Waals surface area (Å²) < 4.78 is 10.8. The number of hydrogen-bond donors (Lipinski definition) is 2. The largest absolute Gasteiger partial charge is 0.444 e. The van der Waals surface area contributed by atoms with Gasteiger partial charge in [0, 0.05) is 25.7 Å². The fraction of sp³-hybridized carbons (Fsp3) is 0.929. The first kappa shape index (κ1) is 16.2. The Bertz CT molecular complexity index is 270. The van der Waals surface area contributed by atoms with Crippen LogP contribution < -0.4 is 10.6 Å². The van der Waals surface area contributed by atoms with E-state index in [-0.39, 0.29) is 12.1 Å². The second-order valence-electron chi connectivity index (χ2n) is 6.18. The molecule has 0 bridgehead atoms. The lowest BCUT2D eigenvalue weighted by Gasteiger charge is -2.25. The van der Waals surface area contributed by atoms with Crippen molar-refractivity contribution in [3.05, 3.63) is 0 Å². The van der Waals surface area contributed by atoms with Crippen molar-refractivity contribution in [2.45, 2.75) is 64.7 Å². The maximum absolute atomic E-state index is 11.5. The van der Waals surface area contributed by atoms with Crippen LogP contribution in [-0.4, -0.2) is 43.5 Å². The number of carbonyl (C=O) groups is 1. The Morgan fingerprint density at radius 1 is 1.42 bits per heavy atom. The molecule has 2 N–H and O–H groups in total. The van der Waals surface area contributed by atoms with Crippen molar-refractivity contribution in [2.75, 3.05) is 19.7 Å². The highest BCUT2D eigenvalue weighted by Gasteiger charge is 2.17. The van der Waals surface area contributed by atoms with Crippen LogP contribution in [0, 0.1) is 0 Å². The van der Waals surface area contributed by atoms with Crippen LogP contribution in [0.5, 0.6) is 0 Å². The van der Waals surface area contributed by atoms with Gasteiger partial charge in [-0.2, -0.15) is 0 Å². The molecule has 2 unspecified atom stereocenters.